The van der Waals surface area contributed by atoms with Gasteiger partial charge in [-0.1, -0.05) is 0 Å². The molecule has 1 N–H and O–H groups in total. The van der Waals surface area contributed by atoms with Gasteiger partial charge in [0.1, 0.15) is 5.82 Å². The van der Waals surface area contributed by atoms with Crippen molar-refractivity contribution in [2.24, 2.45) is 0 Å². The van der Waals surface area contributed by atoms with E-state index < -0.39 is 17.5 Å². The normalized spacial score (nSPS) is 20.6. The minimum absolute atomic E-state index is 0.203. The number of hydrogen-bond donors (Lipinski definition) is 1. The molecule has 0 spiro atoms. The van der Waals surface area contributed by atoms with Crippen molar-refractivity contribution in [1.29, 1.82) is 0 Å². The maximum Gasteiger partial charge on any atom is 0.161 e. The van der Waals surface area contributed by atoms with Gasteiger partial charge in [-0.15, -0.1) is 0 Å². The summed E-state index contributed by atoms with van der Waals surface area (Å²) in [6.45, 7) is 0.913. The Kier molecular flexibility index (Phi) is 2.46. The molecule has 2 rings (SSSR count). The summed E-state index contributed by atoms with van der Waals surface area (Å²) >= 11 is 0. The van der Waals surface area contributed by atoms with Crippen molar-refractivity contribution in [3.8, 4) is 0 Å². The zero-order chi connectivity index (χ0) is 10.1. The van der Waals surface area contributed by atoms with Crippen LogP contribution in [0.25, 0.3) is 0 Å². The second-order valence-corrected chi connectivity index (χ2v) is 3.50. The van der Waals surface area contributed by atoms with E-state index >= 15 is 0 Å². The summed E-state index contributed by atoms with van der Waals surface area (Å²) in [4.78, 5) is 0. The Morgan fingerprint density at radius 2 is 1.79 bits per heavy atom. The summed E-state index contributed by atoms with van der Waals surface area (Å²) < 4.78 is 38.4. The monoisotopic (exact) mass is 201 g/mol. The summed E-state index contributed by atoms with van der Waals surface area (Å²) in [5.74, 6) is -2.79. The summed E-state index contributed by atoms with van der Waals surface area (Å²) in [5.41, 5.74) is 0.237. The Balaban J connectivity index is 2.19. The van der Waals surface area contributed by atoms with Crippen LogP contribution in [0, 0.1) is 17.5 Å². The summed E-state index contributed by atoms with van der Waals surface area (Å²) in [5, 5.41) is 3.07. The molecule has 0 aromatic heterocycles. The highest BCUT2D eigenvalue weighted by molar-refractivity contribution is 5.21. The third-order valence-electron chi connectivity index (χ3n) is 2.48. The third kappa shape index (κ3) is 1.75. The molecule has 1 aromatic carbocycles. The predicted octanol–water partition coefficient (Wildman–Crippen LogP) is 2.01. The minimum atomic E-state index is -1.13. The molecule has 4 heteroatoms. The van der Waals surface area contributed by atoms with E-state index in [0.29, 0.717) is 12.5 Å². The topological polar surface area (TPSA) is 12.0 Å². The summed E-state index contributed by atoms with van der Waals surface area (Å²) in [7, 11) is 0. The van der Waals surface area contributed by atoms with Crippen LogP contribution in [0.15, 0.2) is 12.1 Å². The lowest BCUT2D eigenvalue weighted by molar-refractivity contribution is 0.363. The van der Waals surface area contributed by atoms with Crippen molar-refractivity contribution in [3.63, 3.8) is 0 Å². The average molecular weight is 201 g/mol. The van der Waals surface area contributed by atoms with Gasteiger partial charge < -0.3 is 5.32 Å². The summed E-state index contributed by atoms with van der Waals surface area (Å²) in [6, 6.07) is 1.74. The second kappa shape index (κ2) is 3.61. The Labute approximate surface area is 79.9 Å². The van der Waals surface area contributed by atoms with Crippen LogP contribution in [0.4, 0.5) is 13.2 Å². The average Bonchev–Trinajstić information content (AvgIpc) is 2.06. The molecule has 1 heterocycles. The Morgan fingerprint density at radius 3 is 2.36 bits per heavy atom. The number of halogens is 3. The Bertz CT molecular complexity index is 347. The lowest BCUT2D eigenvalue weighted by atomic mass is 9.98. The van der Waals surface area contributed by atoms with E-state index in [0.717, 1.165) is 19.0 Å². The van der Waals surface area contributed by atoms with Gasteiger partial charge in [-0.25, -0.2) is 13.2 Å². The van der Waals surface area contributed by atoms with Gasteiger partial charge in [-0.2, -0.15) is 0 Å². The molecule has 1 atom stereocenters. The first kappa shape index (κ1) is 9.52. The third-order valence-corrected chi connectivity index (χ3v) is 2.48. The van der Waals surface area contributed by atoms with E-state index in [2.05, 4.69) is 5.32 Å². The fourth-order valence-corrected chi connectivity index (χ4v) is 1.51. The van der Waals surface area contributed by atoms with Gasteiger partial charge in [0.25, 0.3) is 0 Å². The van der Waals surface area contributed by atoms with Crippen LogP contribution in [0.5, 0.6) is 0 Å². The smallest absolute Gasteiger partial charge is 0.161 e. The van der Waals surface area contributed by atoms with E-state index in [4.69, 9.17) is 0 Å². The molecule has 1 nitrogen and oxygen atoms in total. The molecule has 0 radical (unpaired) electrons. The van der Waals surface area contributed by atoms with Gasteiger partial charge in [0.2, 0.25) is 0 Å². The van der Waals surface area contributed by atoms with Crippen molar-refractivity contribution in [1.82, 2.24) is 5.32 Å². The molecular formula is C10H10F3N. The van der Waals surface area contributed by atoms with E-state index in [9.17, 15) is 13.2 Å². The van der Waals surface area contributed by atoms with Crippen LogP contribution < -0.4 is 5.32 Å². The Morgan fingerprint density at radius 1 is 1.14 bits per heavy atom. The van der Waals surface area contributed by atoms with Crippen molar-refractivity contribution < 1.29 is 13.2 Å². The molecule has 1 aliphatic rings. The molecule has 76 valence electrons. The van der Waals surface area contributed by atoms with Gasteiger partial charge in [0.15, 0.2) is 11.6 Å². The van der Waals surface area contributed by atoms with Crippen molar-refractivity contribution in [3.05, 3.63) is 35.1 Å². The first-order chi connectivity index (χ1) is 6.66. The van der Waals surface area contributed by atoms with Gasteiger partial charge in [-0.3, -0.25) is 0 Å². The van der Waals surface area contributed by atoms with Crippen LogP contribution in [-0.4, -0.2) is 12.6 Å². The van der Waals surface area contributed by atoms with Gasteiger partial charge in [0.05, 0.1) is 0 Å². The van der Waals surface area contributed by atoms with Crippen LogP contribution >= 0.6 is 0 Å². The first-order valence-corrected chi connectivity index (χ1v) is 4.53. The SMILES string of the molecule is Fc1cc(F)c(C[C@@H]2CCN2)cc1F. The molecule has 0 bridgehead atoms. The van der Waals surface area contributed by atoms with Crippen LogP contribution in [0.1, 0.15) is 12.0 Å². The summed E-state index contributed by atoms with van der Waals surface area (Å²) in [6.07, 6.45) is 1.38. The highest BCUT2D eigenvalue weighted by atomic mass is 19.2. The molecule has 1 aromatic rings. The number of rotatable bonds is 2. The van der Waals surface area contributed by atoms with Crippen LogP contribution in [0.3, 0.4) is 0 Å². The van der Waals surface area contributed by atoms with Crippen LogP contribution in [-0.2, 0) is 6.42 Å². The fourth-order valence-electron chi connectivity index (χ4n) is 1.51. The van der Waals surface area contributed by atoms with E-state index in [1.807, 2.05) is 0 Å². The van der Waals surface area contributed by atoms with E-state index in [1.54, 1.807) is 0 Å². The quantitative estimate of drug-likeness (QED) is 0.722. The van der Waals surface area contributed by atoms with Crippen molar-refractivity contribution >= 4 is 0 Å². The molecule has 14 heavy (non-hydrogen) atoms. The van der Waals surface area contributed by atoms with Gasteiger partial charge in [0, 0.05) is 12.1 Å². The zero-order valence-corrected chi connectivity index (χ0v) is 7.49. The number of nitrogens with one attached hydrogen (secondary N) is 1. The van der Waals surface area contributed by atoms with Gasteiger partial charge in [-0.05, 0) is 31.0 Å². The Hall–Kier alpha value is -1.03. The molecule has 0 amide bonds. The van der Waals surface area contributed by atoms with E-state index in [-0.39, 0.29) is 11.6 Å². The maximum atomic E-state index is 13.1. The first-order valence-electron chi connectivity index (χ1n) is 4.53. The van der Waals surface area contributed by atoms with E-state index in [1.165, 1.54) is 0 Å². The van der Waals surface area contributed by atoms with Gasteiger partial charge >= 0.3 is 0 Å². The fraction of sp³-hybridized carbons (Fsp3) is 0.400. The molecule has 1 aliphatic heterocycles. The standard InChI is InChI=1S/C10H10F3N/c11-8-5-10(13)9(12)4-6(8)3-7-1-2-14-7/h4-5,7,14H,1-3H2/t7-/m0/s1. The van der Waals surface area contributed by atoms with Crippen LogP contribution in [0.2, 0.25) is 0 Å². The maximum absolute atomic E-state index is 13.1. The molecule has 0 saturated carbocycles. The van der Waals surface area contributed by atoms with Crippen molar-refractivity contribution in [2.45, 2.75) is 18.9 Å². The number of benzene rings is 1. The largest absolute Gasteiger partial charge is 0.314 e. The lowest BCUT2D eigenvalue weighted by Crippen LogP contribution is -2.44. The molecular weight excluding hydrogens is 191 g/mol. The molecule has 0 unspecified atom stereocenters. The molecule has 1 saturated heterocycles. The van der Waals surface area contributed by atoms with Crippen molar-refractivity contribution in [2.75, 3.05) is 6.54 Å². The highest BCUT2D eigenvalue weighted by Gasteiger charge is 2.19. The highest BCUT2D eigenvalue weighted by Crippen LogP contribution is 2.17. The zero-order valence-electron chi connectivity index (χ0n) is 7.49. The lowest BCUT2D eigenvalue weighted by Gasteiger charge is -2.27. The second-order valence-electron chi connectivity index (χ2n) is 3.50. The predicted molar refractivity (Wildman–Crippen MR) is 46.4 cm³/mol. The number of hydrogen-bond acceptors (Lipinski definition) is 1. The molecule has 0 aliphatic carbocycles. The minimum Gasteiger partial charge on any atom is -0.314 e. The molecule has 1 fully saturated rings.